The van der Waals surface area contributed by atoms with Crippen LogP contribution in [0.2, 0.25) is 5.02 Å². The van der Waals surface area contributed by atoms with E-state index in [4.69, 9.17) is 16.3 Å². The zero-order chi connectivity index (χ0) is 13.5. The Balaban J connectivity index is 1.89. The van der Waals surface area contributed by atoms with Crippen LogP contribution in [0.3, 0.4) is 0 Å². The molecule has 0 aliphatic heterocycles. The van der Waals surface area contributed by atoms with E-state index in [1.54, 1.807) is 11.3 Å². The zero-order valence-electron chi connectivity index (χ0n) is 10.8. The highest BCUT2D eigenvalue weighted by molar-refractivity contribution is 7.09. The SMILES string of the molecule is CCNC(COc1cccc(Cl)c1)Cc1nccs1. The number of hydrogen-bond donors (Lipinski definition) is 1. The van der Waals surface area contributed by atoms with Crippen LogP contribution < -0.4 is 10.1 Å². The topological polar surface area (TPSA) is 34.1 Å². The van der Waals surface area contributed by atoms with Crippen LogP contribution in [-0.2, 0) is 6.42 Å². The summed E-state index contributed by atoms with van der Waals surface area (Å²) in [5.74, 6) is 0.801. The van der Waals surface area contributed by atoms with Gasteiger partial charge in [-0.1, -0.05) is 24.6 Å². The summed E-state index contributed by atoms with van der Waals surface area (Å²) in [6.45, 7) is 3.61. The van der Waals surface area contributed by atoms with Gasteiger partial charge in [-0.15, -0.1) is 11.3 Å². The number of thiazole rings is 1. The summed E-state index contributed by atoms with van der Waals surface area (Å²) < 4.78 is 5.78. The monoisotopic (exact) mass is 296 g/mol. The maximum atomic E-state index is 5.93. The number of hydrogen-bond acceptors (Lipinski definition) is 4. The van der Waals surface area contributed by atoms with Crippen molar-refractivity contribution in [3.63, 3.8) is 0 Å². The number of halogens is 1. The van der Waals surface area contributed by atoms with Gasteiger partial charge in [0.15, 0.2) is 0 Å². The molecule has 19 heavy (non-hydrogen) atoms. The lowest BCUT2D eigenvalue weighted by Crippen LogP contribution is -2.36. The van der Waals surface area contributed by atoms with Crippen molar-refractivity contribution >= 4 is 22.9 Å². The molecule has 1 aromatic heterocycles. The Bertz CT molecular complexity index is 490. The van der Waals surface area contributed by atoms with Crippen LogP contribution in [-0.4, -0.2) is 24.2 Å². The molecule has 0 fully saturated rings. The second-order valence-corrected chi connectivity index (χ2v) is 5.57. The number of ether oxygens (including phenoxy) is 1. The van der Waals surface area contributed by atoms with Crippen LogP contribution in [0, 0.1) is 0 Å². The second kappa shape index (κ2) is 7.48. The number of benzene rings is 1. The molecule has 0 bridgehead atoms. The smallest absolute Gasteiger partial charge is 0.120 e. The summed E-state index contributed by atoms with van der Waals surface area (Å²) in [7, 11) is 0. The van der Waals surface area contributed by atoms with Crippen molar-refractivity contribution in [3.05, 3.63) is 45.9 Å². The molecule has 0 saturated carbocycles. The highest BCUT2D eigenvalue weighted by atomic mass is 35.5. The van der Waals surface area contributed by atoms with Gasteiger partial charge < -0.3 is 10.1 Å². The van der Waals surface area contributed by atoms with Crippen molar-refractivity contribution < 1.29 is 4.74 Å². The molecule has 5 heteroatoms. The third-order valence-corrected chi connectivity index (χ3v) is 3.68. The summed E-state index contributed by atoms with van der Waals surface area (Å²) in [5, 5.41) is 7.23. The fourth-order valence-corrected chi connectivity index (χ4v) is 2.68. The van der Waals surface area contributed by atoms with Gasteiger partial charge in [0.25, 0.3) is 0 Å². The maximum Gasteiger partial charge on any atom is 0.120 e. The Hall–Kier alpha value is -1.10. The molecule has 0 spiro atoms. The minimum atomic E-state index is 0.259. The lowest BCUT2D eigenvalue weighted by atomic mass is 10.2. The first kappa shape index (κ1) is 14.3. The lowest BCUT2D eigenvalue weighted by molar-refractivity contribution is 0.265. The van der Waals surface area contributed by atoms with Crippen LogP contribution >= 0.6 is 22.9 Å². The van der Waals surface area contributed by atoms with Crippen LogP contribution in [0.4, 0.5) is 0 Å². The lowest BCUT2D eigenvalue weighted by Gasteiger charge is -2.17. The van der Waals surface area contributed by atoms with Crippen molar-refractivity contribution in [2.75, 3.05) is 13.2 Å². The summed E-state index contributed by atoms with van der Waals surface area (Å²) in [5.41, 5.74) is 0. The first-order valence-electron chi connectivity index (χ1n) is 6.28. The summed E-state index contributed by atoms with van der Waals surface area (Å²) >= 11 is 7.61. The third kappa shape index (κ3) is 4.82. The van der Waals surface area contributed by atoms with Crippen LogP contribution in [0.15, 0.2) is 35.8 Å². The molecule has 3 nitrogen and oxygen atoms in total. The van der Waals surface area contributed by atoms with Gasteiger partial charge in [-0.25, -0.2) is 4.98 Å². The number of aromatic nitrogens is 1. The summed E-state index contributed by atoms with van der Waals surface area (Å²) in [6.07, 6.45) is 2.72. The summed E-state index contributed by atoms with van der Waals surface area (Å²) in [4.78, 5) is 4.31. The first-order valence-corrected chi connectivity index (χ1v) is 7.54. The molecule has 1 unspecified atom stereocenters. The van der Waals surface area contributed by atoms with Crippen LogP contribution in [0.5, 0.6) is 5.75 Å². The Morgan fingerprint density at radius 1 is 1.47 bits per heavy atom. The van der Waals surface area contributed by atoms with Crippen LogP contribution in [0.25, 0.3) is 0 Å². The van der Waals surface area contributed by atoms with Gasteiger partial charge in [0.05, 0.1) is 5.01 Å². The predicted molar refractivity (Wildman–Crippen MR) is 80.2 cm³/mol. The fraction of sp³-hybridized carbons (Fsp3) is 0.357. The Kier molecular flexibility index (Phi) is 5.63. The Labute approximate surface area is 122 Å². The normalized spacial score (nSPS) is 12.3. The molecule has 1 N–H and O–H groups in total. The molecule has 102 valence electrons. The van der Waals surface area contributed by atoms with Gasteiger partial charge in [-0.3, -0.25) is 0 Å². The van der Waals surface area contributed by atoms with Crippen molar-refractivity contribution in [2.24, 2.45) is 0 Å². The average Bonchev–Trinajstić information content (AvgIpc) is 2.89. The standard InChI is InChI=1S/C14H17ClN2OS/c1-2-16-12(9-14-17-6-7-19-14)10-18-13-5-3-4-11(15)8-13/h3-8,12,16H,2,9-10H2,1H3. The predicted octanol–water partition coefficient (Wildman–Crippen LogP) is 3.40. The van der Waals surface area contributed by atoms with E-state index in [0.717, 1.165) is 23.7 Å². The van der Waals surface area contributed by atoms with Crippen molar-refractivity contribution in [2.45, 2.75) is 19.4 Å². The number of likely N-dealkylation sites (N-methyl/N-ethyl adjacent to an activating group) is 1. The van der Waals surface area contributed by atoms with Gasteiger partial charge >= 0.3 is 0 Å². The first-order chi connectivity index (χ1) is 9.28. The number of nitrogens with one attached hydrogen (secondary N) is 1. The summed E-state index contributed by atoms with van der Waals surface area (Å²) in [6, 6.07) is 7.73. The maximum absolute atomic E-state index is 5.93. The molecule has 1 heterocycles. The third-order valence-electron chi connectivity index (χ3n) is 2.64. The molecule has 0 saturated heterocycles. The molecule has 0 amide bonds. The van der Waals surface area contributed by atoms with Gasteiger partial charge in [0.2, 0.25) is 0 Å². The Morgan fingerprint density at radius 3 is 3.05 bits per heavy atom. The molecule has 0 aliphatic carbocycles. The van der Waals surface area contributed by atoms with Crippen molar-refractivity contribution in [1.82, 2.24) is 10.3 Å². The highest BCUT2D eigenvalue weighted by Gasteiger charge is 2.11. The minimum absolute atomic E-state index is 0.259. The molecular weight excluding hydrogens is 280 g/mol. The van der Waals surface area contributed by atoms with Crippen molar-refractivity contribution in [3.8, 4) is 5.75 Å². The molecule has 0 aliphatic rings. The van der Waals surface area contributed by atoms with Gasteiger partial charge in [0, 0.05) is 29.1 Å². The molecule has 1 aromatic carbocycles. The fourth-order valence-electron chi connectivity index (χ4n) is 1.80. The number of nitrogens with zero attached hydrogens (tertiary/aromatic N) is 1. The molecule has 0 radical (unpaired) electrons. The van der Waals surface area contributed by atoms with E-state index in [0.29, 0.717) is 11.6 Å². The van der Waals surface area contributed by atoms with Gasteiger partial charge in [-0.05, 0) is 24.7 Å². The van der Waals surface area contributed by atoms with E-state index in [-0.39, 0.29) is 6.04 Å². The molecule has 2 aromatic rings. The average molecular weight is 297 g/mol. The largest absolute Gasteiger partial charge is 0.492 e. The van der Waals surface area contributed by atoms with E-state index >= 15 is 0 Å². The second-order valence-electron chi connectivity index (χ2n) is 4.15. The molecule has 1 atom stereocenters. The zero-order valence-corrected chi connectivity index (χ0v) is 12.4. The minimum Gasteiger partial charge on any atom is -0.492 e. The Morgan fingerprint density at radius 2 is 2.37 bits per heavy atom. The quantitative estimate of drug-likeness (QED) is 0.850. The molecular formula is C14H17ClN2OS. The van der Waals surface area contributed by atoms with Gasteiger partial charge in [-0.2, -0.15) is 0 Å². The van der Waals surface area contributed by atoms with E-state index in [9.17, 15) is 0 Å². The van der Waals surface area contributed by atoms with E-state index < -0.39 is 0 Å². The van der Waals surface area contributed by atoms with Crippen molar-refractivity contribution in [1.29, 1.82) is 0 Å². The van der Waals surface area contributed by atoms with E-state index in [1.165, 1.54) is 0 Å². The number of rotatable bonds is 7. The van der Waals surface area contributed by atoms with E-state index in [2.05, 4.69) is 17.2 Å². The molecule has 2 rings (SSSR count). The van der Waals surface area contributed by atoms with E-state index in [1.807, 2.05) is 35.8 Å². The highest BCUT2D eigenvalue weighted by Crippen LogP contribution is 2.17. The van der Waals surface area contributed by atoms with Gasteiger partial charge in [0.1, 0.15) is 12.4 Å². The van der Waals surface area contributed by atoms with Crippen LogP contribution in [0.1, 0.15) is 11.9 Å².